The number of amides is 1. The Morgan fingerprint density at radius 1 is 1.33 bits per heavy atom. The molecule has 2 N–H and O–H groups in total. The van der Waals surface area contributed by atoms with E-state index in [-0.39, 0.29) is 12.8 Å². The van der Waals surface area contributed by atoms with E-state index in [9.17, 15) is 4.79 Å². The van der Waals surface area contributed by atoms with E-state index in [2.05, 4.69) is 10.6 Å². The standard InChI is InChI=1S/C17H26N2O5/c1-11(8-19-16(20)24-17(2,3)4)18-9-12-6-13(21-5)15-14(7-12)22-10-23-15/h6-7,11,18H,8-10H2,1-5H3,(H,19,20). The van der Waals surface area contributed by atoms with Crippen molar-refractivity contribution < 1.29 is 23.7 Å². The number of carbonyl (C=O) groups is 1. The van der Waals surface area contributed by atoms with Crippen LogP contribution in [-0.4, -0.2) is 38.2 Å². The van der Waals surface area contributed by atoms with E-state index in [1.165, 1.54) is 0 Å². The van der Waals surface area contributed by atoms with E-state index in [1.54, 1.807) is 7.11 Å². The normalized spacial score (nSPS) is 14.2. The highest BCUT2D eigenvalue weighted by atomic mass is 16.7. The molecule has 1 amide bonds. The van der Waals surface area contributed by atoms with Crippen LogP contribution in [0.5, 0.6) is 17.2 Å². The smallest absolute Gasteiger partial charge is 0.407 e. The van der Waals surface area contributed by atoms with Gasteiger partial charge in [0.25, 0.3) is 0 Å². The van der Waals surface area contributed by atoms with Crippen molar-refractivity contribution >= 4 is 6.09 Å². The van der Waals surface area contributed by atoms with Gasteiger partial charge in [0.2, 0.25) is 12.5 Å². The van der Waals surface area contributed by atoms with Crippen LogP contribution in [0.2, 0.25) is 0 Å². The number of nitrogens with one attached hydrogen (secondary N) is 2. The third-order valence-corrected chi connectivity index (χ3v) is 3.32. The van der Waals surface area contributed by atoms with Crippen molar-refractivity contribution in [2.45, 2.75) is 45.9 Å². The van der Waals surface area contributed by atoms with Gasteiger partial charge in [-0.1, -0.05) is 0 Å². The van der Waals surface area contributed by atoms with Crippen LogP contribution in [0.15, 0.2) is 12.1 Å². The largest absolute Gasteiger partial charge is 0.493 e. The Hall–Kier alpha value is -2.15. The maximum Gasteiger partial charge on any atom is 0.407 e. The van der Waals surface area contributed by atoms with Crippen molar-refractivity contribution in [3.8, 4) is 17.2 Å². The molecule has 7 nitrogen and oxygen atoms in total. The first-order valence-corrected chi connectivity index (χ1v) is 7.95. The number of benzene rings is 1. The molecule has 24 heavy (non-hydrogen) atoms. The molecule has 2 rings (SSSR count). The van der Waals surface area contributed by atoms with Crippen molar-refractivity contribution in [1.29, 1.82) is 0 Å². The van der Waals surface area contributed by atoms with Crippen LogP contribution < -0.4 is 24.8 Å². The van der Waals surface area contributed by atoms with E-state index < -0.39 is 11.7 Å². The van der Waals surface area contributed by atoms with E-state index >= 15 is 0 Å². The molecule has 0 aliphatic carbocycles. The summed E-state index contributed by atoms with van der Waals surface area (Å²) in [6.07, 6.45) is -0.416. The molecule has 1 aromatic carbocycles. The van der Waals surface area contributed by atoms with Gasteiger partial charge in [0.05, 0.1) is 7.11 Å². The van der Waals surface area contributed by atoms with Crippen LogP contribution in [0.3, 0.4) is 0 Å². The SMILES string of the molecule is COc1cc(CNC(C)CNC(=O)OC(C)(C)C)cc2c1OCO2. The molecule has 1 aromatic rings. The molecule has 0 bridgehead atoms. The molecule has 1 heterocycles. The number of alkyl carbamates (subject to hydrolysis) is 1. The number of hydrogen-bond donors (Lipinski definition) is 2. The predicted octanol–water partition coefficient (Wildman–Crippen LogP) is 2.43. The van der Waals surface area contributed by atoms with Crippen LogP contribution in [0.25, 0.3) is 0 Å². The second-order valence-electron chi connectivity index (χ2n) is 6.70. The molecular weight excluding hydrogens is 312 g/mol. The quantitative estimate of drug-likeness (QED) is 0.829. The lowest BCUT2D eigenvalue weighted by Gasteiger charge is -2.21. The van der Waals surface area contributed by atoms with Gasteiger partial charge in [-0.25, -0.2) is 4.79 Å². The highest BCUT2D eigenvalue weighted by molar-refractivity contribution is 5.67. The molecule has 1 aliphatic heterocycles. The van der Waals surface area contributed by atoms with Crippen molar-refractivity contribution in [3.63, 3.8) is 0 Å². The first-order chi connectivity index (χ1) is 11.3. The summed E-state index contributed by atoms with van der Waals surface area (Å²) >= 11 is 0. The van der Waals surface area contributed by atoms with Gasteiger partial charge in [-0.3, -0.25) is 0 Å². The van der Waals surface area contributed by atoms with Crippen LogP contribution in [0, 0.1) is 0 Å². The maximum atomic E-state index is 11.6. The van der Waals surface area contributed by atoms with Crippen molar-refractivity contribution in [2.75, 3.05) is 20.4 Å². The average Bonchev–Trinajstić information content (AvgIpc) is 2.96. The van der Waals surface area contributed by atoms with Gasteiger partial charge in [0, 0.05) is 19.1 Å². The third-order valence-electron chi connectivity index (χ3n) is 3.32. The molecule has 134 valence electrons. The Morgan fingerprint density at radius 2 is 2.08 bits per heavy atom. The highest BCUT2D eigenvalue weighted by Crippen LogP contribution is 2.41. The summed E-state index contributed by atoms with van der Waals surface area (Å²) < 4.78 is 21.3. The molecular formula is C17H26N2O5. The minimum absolute atomic E-state index is 0.0777. The topological polar surface area (TPSA) is 78.1 Å². The average molecular weight is 338 g/mol. The fraction of sp³-hybridized carbons (Fsp3) is 0.588. The molecule has 0 saturated heterocycles. The summed E-state index contributed by atoms with van der Waals surface area (Å²) in [4.78, 5) is 11.6. The van der Waals surface area contributed by atoms with E-state index in [0.29, 0.717) is 30.3 Å². The highest BCUT2D eigenvalue weighted by Gasteiger charge is 2.20. The Kier molecular flexibility index (Phi) is 5.77. The zero-order valence-corrected chi connectivity index (χ0v) is 14.9. The Morgan fingerprint density at radius 3 is 2.75 bits per heavy atom. The molecule has 0 saturated carbocycles. The van der Waals surface area contributed by atoms with Crippen LogP contribution in [0.1, 0.15) is 33.3 Å². The number of hydrogen-bond acceptors (Lipinski definition) is 6. The zero-order valence-electron chi connectivity index (χ0n) is 14.9. The number of methoxy groups -OCH3 is 1. The fourth-order valence-corrected chi connectivity index (χ4v) is 2.20. The van der Waals surface area contributed by atoms with Gasteiger partial charge in [-0.15, -0.1) is 0 Å². The van der Waals surface area contributed by atoms with Crippen molar-refractivity contribution in [3.05, 3.63) is 17.7 Å². The molecule has 1 unspecified atom stereocenters. The lowest BCUT2D eigenvalue weighted by Crippen LogP contribution is -2.41. The van der Waals surface area contributed by atoms with E-state index in [1.807, 2.05) is 39.8 Å². The summed E-state index contributed by atoms with van der Waals surface area (Å²) in [5, 5.41) is 6.08. The van der Waals surface area contributed by atoms with Gasteiger partial charge in [-0.2, -0.15) is 0 Å². The zero-order chi connectivity index (χ0) is 17.7. The number of fused-ring (bicyclic) bond motifs is 1. The lowest BCUT2D eigenvalue weighted by atomic mass is 10.1. The summed E-state index contributed by atoms with van der Waals surface area (Å²) in [5.74, 6) is 1.98. The first-order valence-electron chi connectivity index (χ1n) is 7.95. The molecule has 0 spiro atoms. The third kappa shape index (κ3) is 5.19. The first kappa shape index (κ1) is 18.2. The number of carbonyl (C=O) groups excluding carboxylic acids is 1. The number of ether oxygens (including phenoxy) is 4. The maximum absolute atomic E-state index is 11.6. The second-order valence-corrected chi connectivity index (χ2v) is 6.70. The van der Waals surface area contributed by atoms with Gasteiger partial charge >= 0.3 is 6.09 Å². The molecule has 0 radical (unpaired) electrons. The Balaban J connectivity index is 1.82. The summed E-state index contributed by atoms with van der Waals surface area (Å²) in [5.41, 5.74) is 0.518. The molecule has 0 fully saturated rings. The minimum atomic E-state index is -0.496. The Labute approximate surface area is 142 Å². The summed E-state index contributed by atoms with van der Waals surface area (Å²) in [6.45, 7) is 8.78. The van der Waals surface area contributed by atoms with Gasteiger partial charge in [0.15, 0.2) is 11.5 Å². The van der Waals surface area contributed by atoms with Gasteiger partial charge < -0.3 is 29.6 Å². The lowest BCUT2D eigenvalue weighted by molar-refractivity contribution is 0.0523. The summed E-state index contributed by atoms with van der Waals surface area (Å²) in [7, 11) is 1.60. The van der Waals surface area contributed by atoms with Crippen molar-refractivity contribution in [1.82, 2.24) is 10.6 Å². The summed E-state index contributed by atoms with van der Waals surface area (Å²) in [6, 6.07) is 3.91. The van der Waals surface area contributed by atoms with Crippen LogP contribution in [-0.2, 0) is 11.3 Å². The van der Waals surface area contributed by atoms with Crippen LogP contribution in [0.4, 0.5) is 4.79 Å². The molecule has 0 aromatic heterocycles. The van der Waals surface area contributed by atoms with E-state index in [0.717, 1.165) is 5.56 Å². The monoisotopic (exact) mass is 338 g/mol. The van der Waals surface area contributed by atoms with E-state index in [4.69, 9.17) is 18.9 Å². The van der Waals surface area contributed by atoms with Gasteiger partial charge in [-0.05, 0) is 45.4 Å². The van der Waals surface area contributed by atoms with Crippen molar-refractivity contribution in [2.24, 2.45) is 0 Å². The van der Waals surface area contributed by atoms with Gasteiger partial charge in [0.1, 0.15) is 5.60 Å². The molecule has 1 aliphatic rings. The van der Waals surface area contributed by atoms with Crippen LogP contribution >= 0.6 is 0 Å². The molecule has 1 atom stereocenters. The fourth-order valence-electron chi connectivity index (χ4n) is 2.20. The number of rotatable bonds is 6. The Bertz CT molecular complexity index is 583. The minimum Gasteiger partial charge on any atom is -0.493 e. The predicted molar refractivity (Wildman–Crippen MR) is 89.7 cm³/mol. The second kappa shape index (κ2) is 7.61. The molecule has 7 heteroatoms.